The first-order valence-corrected chi connectivity index (χ1v) is 8.64. The maximum absolute atomic E-state index is 5.52. The summed E-state index contributed by atoms with van der Waals surface area (Å²) in [5.41, 5.74) is 2.57. The van der Waals surface area contributed by atoms with Crippen molar-refractivity contribution in [2.75, 3.05) is 28.4 Å². The van der Waals surface area contributed by atoms with Crippen molar-refractivity contribution in [1.29, 1.82) is 0 Å². The second-order valence-electron chi connectivity index (χ2n) is 4.77. The fourth-order valence-corrected chi connectivity index (χ4v) is 3.22. The molecule has 6 heteroatoms. The first-order valence-electron chi connectivity index (χ1n) is 7.05. The molecule has 4 nitrogen and oxygen atoms in total. The molecule has 2 rings (SSSR count). The summed E-state index contributed by atoms with van der Waals surface area (Å²) in [5, 5.41) is 0. The number of halogens is 2. The molecule has 0 N–H and O–H groups in total. The minimum Gasteiger partial charge on any atom is -0.497 e. The van der Waals surface area contributed by atoms with Crippen molar-refractivity contribution in [3.63, 3.8) is 0 Å². The number of benzene rings is 2. The number of rotatable bonds is 6. The number of hydrogen-bond donors (Lipinski definition) is 0. The Hall–Kier alpha value is -1.66. The summed E-state index contributed by atoms with van der Waals surface area (Å²) in [6, 6.07) is 11.3. The van der Waals surface area contributed by atoms with Crippen molar-refractivity contribution in [2.24, 2.45) is 0 Å². The van der Waals surface area contributed by atoms with E-state index >= 15 is 0 Å². The molecule has 24 heavy (non-hydrogen) atoms. The minimum atomic E-state index is 0.715. The van der Waals surface area contributed by atoms with Gasteiger partial charge in [0.25, 0.3) is 0 Å². The van der Waals surface area contributed by atoms with Gasteiger partial charge in [-0.25, -0.2) is 0 Å². The Bertz CT molecular complexity index is 695. The zero-order valence-corrected chi connectivity index (χ0v) is 17.0. The third-order valence-corrected chi connectivity index (χ3v) is 4.33. The molecule has 2 aromatic carbocycles. The largest absolute Gasteiger partial charge is 0.497 e. The van der Waals surface area contributed by atoms with Crippen LogP contribution in [0.15, 0.2) is 39.8 Å². The third kappa shape index (κ3) is 3.87. The van der Waals surface area contributed by atoms with Crippen LogP contribution in [0.5, 0.6) is 23.0 Å². The molecule has 0 spiro atoms. The Labute approximate surface area is 158 Å². The Balaban J connectivity index is 2.76. The molecule has 0 amide bonds. The molecule has 0 saturated carbocycles. The summed E-state index contributed by atoms with van der Waals surface area (Å²) >= 11 is 7.08. The van der Waals surface area contributed by atoms with E-state index in [1.54, 1.807) is 28.4 Å². The van der Waals surface area contributed by atoms with Crippen LogP contribution in [0.3, 0.4) is 0 Å². The zero-order valence-electron chi connectivity index (χ0n) is 13.9. The highest BCUT2D eigenvalue weighted by Crippen LogP contribution is 2.43. The van der Waals surface area contributed by atoms with Gasteiger partial charge in [-0.3, -0.25) is 0 Å². The van der Waals surface area contributed by atoms with Gasteiger partial charge in [-0.05, 0) is 68.3 Å². The van der Waals surface area contributed by atoms with Crippen molar-refractivity contribution in [2.45, 2.75) is 0 Å². The van der Waals surface area contributed by atoms with E-state index in [9.17, 15) is 0 Å². The topological polar surface area (TPSA) is 36.9 Å². The first-order chi connectivity index (χ1) is 11.5. The maximum atomic E-state index is 5.52. The molecular formula is C18H18Br2O4. The number of hydrogen-bond acceptors (Lipinski definition) is 4. The van der Waals surface area contributed by atoms with Crippen LogP contribution < -0.4 is 18.9 Å². The van der Waals surface area contributed by atoms with Crippen molar-refractivity contribution < 1.29 is 18.9 Å². The van der Waals surface area contributed by atoms with Gasteiger partial charge in [0.15, 0.2) is 0 Å². The molecule has 0 aliphatic carbocycles. The van der Waals surface area contributed by atoms with Gasteiger partial charge in [0, 0.05) is 16.7 Å². The lowest BCUT2D eigenvalue weighted by molar-refractivity contribution is 0.400. The fraction of sp³-hybridized carbons (Fsp3) is 0.222. The van der Waals surface area contributed by atoms with Crippen LogP contribution in [0.2, 0.25) is 0 Å². The summed E-state index contributed by atoms with van der Waals surface area (Å²) in [6.07, 6.45) is 0. The predicted molar refractivity (Wildman–Crippen MR) is 103 cm³/mol. The van der Waals surface area contributed by atoms with Crippen molar-refractivity contribution >= 4 is 37.4 Å². The van der Waals surface area contributed by atoms with Crippen LogP contribution >= 0.6 is 31.9 Å². The van der Waals surface area contributed by atoms with Gasteiger partial charge in [0.2, 0.25) is 0 Å². The van der Waals surface area contributed by atoms with Gasteiger partial charge in [-0.2, -0.15) is 0 Å². The van der Waals surface area contributed by atoms with Crippen molar-refractivity contribution in [1.82, 2.24) is 0 Å². The van der Waals surface area contributed by atoms with Gasteiger partial charge in [-0.15, -0.1) is 0 Å². The fourth-order valence-electron chi connectivity index (χ4n) is 2.37. The van der Waals surface area contributed by atoms with Gasteiger partial charge in [-0.1, -0.05) is 0 Å². The summed E-state index contributed by atoms with van der Waals surface area (Å²) in [5.74, 6) is 2.89. The third-order valence-electron chi connectivity index (χ3n) is 3.54. The minimum absolute atomic E-state index is 0.715. The molecule has 0 atom stereocenters. The van der Waals surface area contributed by atoms with Gasteiger partial charge < -0.3 is 18.9 Å². The van der Waals surface area contributed by atoms with Crippen LogP contribution in [0, 0.1) is 0 Å². The molecule has 0 heterocycles. The van der Waals surface area contributed by atoms with Crippen LogP contribution in [-0.2, 0) is 0 Å². The summed E-state index contributed by atoms with van der Waals surface area (Å²) in [7, 11) is 6.52. The molecule has 0 radical (unpaired) electrons. The highest BCUT2D eigenvalue weighted by atomic mass is 79.9. The molecule has 0 aliphatic heterocycles. The first kappa shape index (κ1) is 18.7. The van der Waals surface area contributed by atoms with Crippen LogP contribution in [0.25, 0.3) is 5.57 Å². The van der Waals surface area contributed by atoms with E-state index in [2.05, 4.69) is 31.9 Å². The lowest BCUT2D eigenvalue weighted by Gasteiger charge is -2.17. The Kier molecular flexibility index (Phi) is 6.57. The highest BCUT2D eigenvalue weighted by molar-refractivity contribution is 9.28. The molecule has 0 fully saturated rings. The van der Waals surface area contributed by atoms with E-state index in [1.165, 1.54) is 0 Å². The Morgan fingerprint density at radius 3 is 1.38 bits per heavy atom. The average molecular weight is 458 g/mol. The normalized spacial score (nSPS) is 10.1. The summed E-state index contributed by atoms with van der Waals surface area (Å²) in [6.45, 7) is 0. The second kappa shape index (κ2) is 8.44. The lowest BCUT2D eigenvalue weighted by Crippen LogP contribution is -1.99. The quantitative estimate of drug-likeness (QED) is 0.595. The molecule has 128 valence electrons. The smallest absolute Gasteiger partial charge is 0.127 e. The van der Waals surface area contributed by atoms with Gasteiger partial charge >= 0.3 is 0 Å². The second-order valence-corrected chi connectivity index (χ2v) is 7.42. The molecular weight excluding hydrogens is 440 g/mol. The van der Waals surface area contributed by atoms with Crippen molar-refractivity contribution in [3.05, 3.63) is 50.9 Å². The monoisotopic (exact) mass is 456 g/mol. The number of methoxy groups -OCH3 is 4. The summed E-state index contributed by atoms with van der Waals surface area (Å²) in [4.78, 5) is 0. The van der Waals surface area contributed by atoms with Crippen LogP contribution in [0.4, 0.5) is 0 Å². The standard InChI is InChI=1S/C18H18Br2O4/c1-21-11-5-7-15(23-3)13(9-11)17(18(19)20)14-10-12(22-2)6-8-16(14)24-4/h5-10H,1-4H3. The summed E-state index contributed by atoms with van der Waals surface area (Å²) < 4.78 is 22.5. The van der Waals surface area contributed by atoms with E-state index in [0.29, 0.717) is 11.5 Å². The van der Waals surface area contributed by atoms with E-state index in [1.807, 2.05) is 36.4 Å². The average Bonchev–Trinajstić information content (AvgIpc) is 2.61. The predicted octanol–water partition coefficient (Wildman–Crippen LogP) is 5.23. The van der Waals surface area contributed by atoms with E-state index in [-0.39, 0.29) is 0 Å². The highest BCUT2D eigenvalue weighted by Gasteiger charge is 2.19. The SMILES string of the molecule is COc1ccc(OC)c(C(=C(Br)Br)c2cc(OC)ccc2OC)c1. The van der Waals surface area contributed by atoms with Crippen LogP contribution in [-0.4, -0.2) is 28.4 Å². The Morgan fingerprint density at radius 2 is 1.08 bits per heavy atom. The molecule has 0 unspecified atom stereocenters. The van der Waals surface area contributed by atoms with E-state index in [4.69, 9.17) is 18.9 Å². The van der Waals surface area contributed by atoms with Gasteiger partial charge in [0.05, 0.1) is 31.8 Å². The van der Waals surface area contributed by atoms with E-state index < -0.39 is 0 Å². The molecule has 2 aromatic rings. The molecule has 0 bridgehead atoms. The molecule has 0 aliphatic rings. The maximum Gasteiger partial charge on any atom is 0.127 e. The van der Waals surface area contributed by atoms with E-state index in [0.717, 1.165) is 31.6 Å². The van der Waals surface area contributed by atoms with Crippen molar-refractivity contribution in [3.8, 4) is 23.0 Å². The number of ether oxygens (including phenoxy) is 4. The zero-order chi connectivity index (χ0) is 17.7. The Morgan fingerprint density at radius 1 is 0.667 bits per heavy atom. The molecule has 0 aromatic heterocycles. The molecule has 0 saturated heterocycles. The lowest BCUT2D eigenvalue weighted by atomic mass is 9.97. The van der Waals surface area contributed by atoms with Gasteiger partial charge in [0.1, 0.15) is 23.0 Å². The van der Waals surface area contributed by atoms with Crippen LogP contribution in [0.1, 0.15) is 11.1 Å².